The molecule has 0 fully saturated rings. The van der Waals surface area contributed by atoms with E-state index in [2.05, 4.69) is 63.2 Å². The fourth-order valence-corrected chi connectivity index (χ4v) is 3.92. The Bertz CT molecular complexity index is 948. The number of rotatable bonds is 3. The van der Waals surface area contributed by atoms with Gasteiger partial charge in [-0.15, -0.1) is 0 Å². The van der Waals surface area contributed by atoms with Crippen LogP contribution in [0.5, 0.6) is 5.75 Å². The molecule has 4 nitrogen and oxygen atoms in total. The number of ether oxygens (including phenoxy) is 1. The van der Waals surface area contributed by atoms with Gasteiger partial charge >= 0.3 is 0 Å². The molecule has 0 saturated heterocycles. The Morgan fingerprint density at radius 2 is 2.00 bits per heavy atom. The van der Waals surface area contributed by atoms with Crippen molar-refractivity contribution in [2.45, 2.75) is 26.2 Å². The van der Waals surface area contributed by atoms with Gasteiger partial charge in [0.25, 0.3) is 0 Å². The molecule has 4 rings (SSSR count). The van der Waals surface area contributed by atoms with Crippen LogP contribution in [-0.2, 0) is 6.42 Å². The third-order valence-corrected chi connectivity index (χ3v) is 5.38. The van der Waals surface area contributed by atoms with Crippen LogP contribution in [0.1, 0.15) is 24.0 Å². The maximum Gasteiger partial charge on any atom is 0.133 e. The topological polar surface area (TPSA) is 39.1 Å². The first kappa shape index (κ1) is 17.2. The second kappa shape index (κ2) is 7.16. The number of aryl methyl sites for hydroxylation is 1. The van der Waals surface area contributed by atoms with Crippen LogP contribution in [-0.4, -0.2) is 23.4 Å². The summed E-state index contributed by atoms with van der Waals surface area (Å²) in [6.07, 6.45) is 3.33. The fraction of sp³-hybridized carbons (Fsp3) is 0.286. The number of para-hydroxylation sites is 1. The lowest BCUT2D eigenvalue weighted by Crippen LogP contribution is -2.08. The summed E-state index contributed by atoms with van der Waals surface area (Å²) >= 11 is 3.59. The zero-order chi connectivity index (χ0) is 18.1. The van der Waals surface area contributed by atoms with E-state index in [-0.39, 0.29) is 0 Å². The van der Waals surface area contributed by atoms with E-state index in [9.17, 15) is 0 Å². The summed E-state index contributed by atoms with van der Waals surface area (Å²) in [6, 6.07) is 14.4. The lowest BCUT2D eigenvalue weighted by Gasteiger charge is -2.11. The van der Waals surface area contributed by atoms with Crippen LogP contribution in [0, 0.1) is 6.92 Å². The number of methoxy groups -OCH3 is 1. The average Bonchev–Trinajstić information content (AvgIpc) is 2.83. The second-order valence-corrected chi connectivity index (χ2v) is 7.52. The highest BCUT2D eigenvalue weighted by molar-refractivity contribution is 9.10. The van der Waals surface area contributed by atoms with Gasteiger partial charge in [-0.3, -0.25) is 0 Å². The molecule has 0 unspecified atom stereocenters. The number of hydrogen-bond donors (Lipinski definition) is 1. The summed E-state index contributed by atoms with van der Waals surface area (Å²) < 4.78 is 8.71. The smallest absolute Gasteiger partial charge is 0.133 e. The molecule has 3 aromatic rings. The summed E-state index contributed by atoms with van der Waals surface area (Å²) in [7, 11) is 1.71. The minimum absolute atomic E-state index is 0.842. The van der Waals surface area contributed by atoms with Gasteiger partial charge in [-0.05, 0) is 56.0 Å². The van der Waals surface area contributed by atoms with Crippen LogP contribution < -0.4 is 10.1 Å². The molecule has 0 bridgehead atoms. The first-order valence-corrected chi connectivity index (χ1v) is 9.74. The molecule has 1 aromatic heterocycles. The molecule has 134 valence electrons. The van der Waals surface area contributed by atoms with Crippen molar-refractivity contribution in [3.05, 3.63) is 58.1 Å². The Kier molecular flexibility index (Phi) is 4.72. The van der Waals surface area contributed by atoms with Crippen molar-refractivity contribution < 1.29 is 4.74 Å². The minimum atomic E-state index is 0.842. The number of nitrogens with zero attached hydrogens (tertiary/aromatic N) is 2. The molecular weight excluding hydrogens is 390 g/mol. The predicted octanol–water partition coefficient (Wildman–Crippen LogP) is 5.37. The molecule has 26 heavy (non-hydrogen) atoms. The maximum absolute atomic E-state index is 5.63. The highest BCUT2D eigenvalue weighted by Gasteiger charge is 2.24. The van der Waals surface area contributed by atoms with E-state index in [0.29, 0.717) is 0 Å². The minimum Gasteiger partial charge on any atom is -0.496 e. The zero-order valence-corrected chi connectivity index (χ0v) is 16.6. The molecule has 5 heteroatoms. The monoisotopic (exact) mass is 411 g/mol. The fourth-order valence-electron chi connectivity index (χ4n) is 3.56. The number of anilines is 1. The third-order valence-electron chi connectivity index (χ3n) is 4.89. The number of aromatic nitrogens is 2. The zero-order valence-electron chi connectivity index (χ0n) is 15.1. The van der Waals surface area contributed by atoms with Gasteiger partial charge in [0, 0.05) is 22.1 Å². The van der Waals surface area contributed by atoms with E-state index in [0.717, 1.165) is 58.8 Å². The van der Waals surface area contributed by atoms with Gasteiger partial charge in [-0.1, -0.05) is 34.1 Å². The Labute approximate surface area is 162 Å². The number of halogens is 1. The first-order valence-electron chi connectivity index (χ1n) is 8.94. The van der Waals surface area contributed by atoms with Gasteiger partial charge in [0.05, 0.1) is 12.8 Å². The molecule has 2 aromatic carbocycles. The van der Waals surface area contributed by atoms with Gasteiger partial charge in [0.15, 0.2) is 0 Å². The second-order valence-electron chi connectivity index (χ2n) is 6.60. The van der Waals surface area contributed by atoms with Crippen LogP contribution in [0.15, 0.2) is 46.9 Å². The quantitative estimate of drug-likeness (QED) is 0.629. The highest BCUT2D eigenvalue weighted by Crippen LogP contribution is 2.39. The Morgan fingerprint density at radius 1 is 1.15 bits per heavy atom. The molecule has 0 spiro atoms. The Morgan fingerprint density at radius 3 is 2.81 bits per heavy atom. The average molecular weight is 412 g/mol. The van der Waals surface area contributed by atoms with E-state index in [1.807, 2.05) is 12.1 Å². The number of benzene rings is 2. The van der Waals surface area contributed by atoms with Gasteiger partial charge in [-0.25, -0.2) is 4.68 Å². The van der Waals surface area contributed by atoms with Crippen molar-refractivity contribution in [2.24, 2.45) is 0 Å². The van der Waals surface area contributed by atoms with E-state index in [4.69, 9.17) is 9.84 Å². The molecule has 0 amide bonds. The molecule has 2 heterocycles. The molecule has 1 aliphatic rings. The molecule has 0 atom stereocenters. The summed E-state index contributed by atoms with van der Waals surface area (Å²) in [5.41, 5.74) is 5.60. The lowest BCUT2D eigenvalue weighted by atomic mass is 10.0. The Balaban J connectivity index is 1.97. The number of nitrogens with one attached hydrogen (secondary N) is 1. The maximum atomic E-state index is 5.63. The van der Waals surface area contributed by atoms with Crippen molar-refractivity contribution in [3.8, 4) is 22.7 Å². The molecule has 0 saturated carbocycles. The molecule has 0 radical (unpaired) electrons. The van der Waals surface area contributed by atoms with Crippen molar-refractivity contribution in [1.82, 2.24) is 9.78 Å². The van der Waals surface area contributed by atoms with Crippen molar-refractivity contribution in [2.75, 3.05) is 19.0 Å². The van der Waals surface area contributed by atoms with Crippen molar-refractivity contribution >= 4 is 21.7 Å². The van der Waals surface area contributed by atoms with Crippen LogP contribution in [0.25, 0.3) is 16.9 Å². The van der Waals surface area contributed by atoms with E-state index < -0.39 is 0 Å². The van der Waals surface area contributed by atoms with Crippen LogP contribution in [0.2, 0.25) is 0 Å². The van der Waals surface area contributed by atoms with Gasteiger partial charge in [0.1, 0.15) is 17.3 Å². The van der Waals surface area contributed by atoms with Crippen LogP contribution in [0.3, 0.4) is 0 Å². The third kappa shape index (κ3) is 3.01. The van der Waals surface area contributed by atoms with Gasteiger partial charge in [-0.2, -0.15) is 5.10 Å². The molecule has 0 aliphatic carbocycles. The van der Waals surface area contributed by atoms with Crippen molar-refractivity contribution in [3.63, 3.8) is 0 Å². The summed E-state index contributed by atoms with van der Waals surface area (Å²) in [5.74, 6) is 1.95. The summed E-state index contributed by atoms with van der Waals surface area (Å²) in [5, 5.41) is 8.65. The first-order chi connectivity index (χ1) is 12.7. The Hall–Kier alpha value is -2.27. The van der Waals surface area contributed by atoms with Crippen molar-refractivity contribution in [1.29, 1.82) is 0 Å². The van der Waals surface area contributed by atoms with E-state index in [1.165, 1.54) is 11.1 Å². The number of hydrogen-bond acceptors (Lipinski definition) is 3. The summed E-state index contributed by atoms with van der Waals surface area (Å²) in [6.45, 7) is 3.10. The summed E-state index contributed by atoms with van der Waals surface area (Å²) in [4.78, 5) is 0. The molecular formula is C21H22BrN3O. The molecule has 1 N–H and O–H groups in total. The van der Waals surface area contributed by atoms with Crippen LogP contribution in [0.4, 0.5) is 5.82 Å². The number of fused-ring (bicyclic) bond motifs is 1. The lowest BCUT2D eigenvalue weighted by molar-refractivity contribution is 0.416. The SMILES string of the molecule is COc1ccc(Br)cc1-c1nn(-c2ccccc2C)c2c1CCCCN2. The van der Waals surface area contributed by atoms with Gasteiger partial charge < -0.3 is 10.1 Å². The largest absolute Gasteiger partial charge is 0.496 e. The predicted molar refractivity (Wildman–Crippen MR) is 109 cm³/mol. The van der Waals surface area contributed by atoms with Crippen LogP contribution >= 0.6 is 15.9 Å². The van der Waals surface area contributed by atoms with E-state index in [1.54, 1.807) is 7.11 Å². The molecule has 1 aliphatic heterocycles. The highest BCUT2D eigenvalue weighted by atomic mass is 79.9. The van der Waals surface area contributed by atoms with Gasteiger partial charge in [0.2, 0.25) is 0 Å². The van der Waals surface area contributed by atoms with E-state index >= 15 is 0 Å². The normalized spacial score (nSPS) is 13.7. The standard InChI is InChI=1S/C21H22BrN3O/c1-14-7-3-4-9-18(14)25-21-16(8-5-6-12-23-21)20(24-25)17-13-15(22)10-11-19(17)26-2/h3-4,7,9-11,13,23H,5-6,8,12H2,1-2H3.